The van der Waals surface area contributed by atoms with Gasteiger partial charge >= 0.3 is 11.8 Å². The molecule has 0 radical (unpaired) electrons. The standard InChI is InChI=1S/C18H18FN3O4/c1-3-26-16-10-12(8-9-15(16)25-2)11-20-22-18(24)17(23)21-14-7-5-4-6-13(14)19/h4-11H,3H2,1-2H3,(H,21,23)(H,22,24)/b20-11-. The second-order valence-corrected chi connectivity index (χ2v) is 4.98. The van der Waals surface area contributed by atoms with Crippen LogP contribution in [-0.4, -0.2) is 31.7 Å². The number of hydrogen-bond donors (Lipinski definition) is 2. The molecular formula is C18H18FN3O4. The second-order valence-electron chi connectivity index (χ2n) is 4.98. The summed E-state index contributed by atoms with van der Waals surface area (Å²) in [6, 6.07) is 10.6. The zero-order chi connectivity index (χ0) is 18.9. The fourth-order valence-corrected chi connectivity index (χ4v) is 2.00. The quantitative estimate of drug-likeness (QED) is 0.471. The SMILES string of the molecule is CCOc1cc(/C=N\NC(=O)C(=O)Nc2ccccc2F)ccc1OC. The molecule has 0 bridgehead atoms. The highest BCUT2D eigenvalue weighted by atomic mass is 19.1. The highest BCUT2D eigenvalue weighted by Gasteiger charge is 2.14. The van der Waals surface area contributed by atoms with Crippen LogP contribution in [0.3, 0.4) is 0 Å². The minimum atomic E-state index is -1.03. The van der Waals surface area contributed by atoms with Gasteiger partial charge in [0.1, 0.15) is 5.82 Å². The first-order valence-corrected chi connectivity index (χ1v) is 7.75. The van der Waals surface area contributed by atoms with Crippen molar-refractivity contribution in [2.45, 2.75) is 6.92 Å². The minimum absolute atomic E-state index is 0.0897. The summed E-state index contributed by atoms with van der Waals surface area (Å²) in [6.45, 7) is 2.30. The fourth-order valence-electron chi connectivity index (χ4n) is 2.00. The summed E-state index contributed by atoms with van der Waals surface area (Å²) in [5, 5.41) is 5.87. The maximum Gasteiger partial charge on any atom is 0.329 e. The van der Waals surface area contributed by atoms with Crippen molar-refractivity contribution in [1.82, 2.24) is 5.43 Å². The van der Waals surface area contributed by atoms with Crippen molar-refractivity contribution in [2.24, 2.45) is 5.10 Å². The van der Waals surface area contributed by atoms with Crippen LogP contribution in [0.4, 0.5) is 10.1 Å². The number of para-hydroxylation sites is 1. The molecule has 7 nitrogen and oxygen atoms in total. The molecule has 26 heavy (non-hydrogen) atoms. The van der Waals surface area contributed by atoms with Gasteiger partial charge in [0.15, 0.2) is 11.5 Å². The number of ether oxygens (including phenoxy) is 2. The molecule has 0 atom stereocenters. The highest BCUT2D eigenvalue weighted by Crippen LogP contribution is 2.27. The number of amides is 2. The van der Waals surface area contributed by atoms with Crippen LogP contribution in [0.25, 0.3) is 0 Å². The number of methoxy groups -OCH3 is 1. The van der Waals surface area contributed by atoms with Crippen molar-refractivity contribution < 1.29 is 23.5 Å². The van der Waals surface area contributed by atoms with Crippen molar-refractivity contribution in [1.29, 1.82) is 0 Å². The third-order valence-electron chi connectivity index (χ3n) is 3.20. The Hall–Kier alpha value is -3.42. The smallest absolute Gasteiger partial charge is 0.329 e. The summed E-state index contributed by atoms with van der Waals surface area (Å²) >= 11 is 0. The van der Waals surface area contributed by atoms with Gasteiger partial charge in [-0.15, -0.1) is 0 Å². The molecule has 0 aromatic heterocycles. The Bertz CT molecular complexity index is 824. The van der Waals surface area contributed by atoms with Crippen molar-refractivity contribution in [2.75, 3.05) is 19.0 Å². The van der Waals surface area contributed by atoms with E-state index in [9.17, 15) is 14.0 Å². The number of nitrogens with zero attached hydrogens (tertiary/aromatic N) is 1. The number of carbonyl (C=O) groups excluding carboxylic acids is 2. The average Bonchev–Trinajstić information content (AvgIpc) is 2.64. The van der Waals surface area contributed by atoms with Crippen LogP contribution < -0.4 is 20.2 Å². The van der Waals surface area contributed by atoms with Crippen molar-refractivity contribution >= 4 is 23.7 Å². The summed E-state index contributed by atoms with van der Waals surface area (Å²) in [6.07, 6.45) is 1.34. The molecule has 0 fully saturated rings. The van der Waals surface area contributed by atoms with Gasteiger partial charge in [-0.1, -0.05) is 12.1 Å². The zero-order valence-electron chi connectivity index (χ0n) is 14.3. The van der Waals surface area contributed by atoms with Gasteiger partial charge in [-0.2, -0.15) is 5.10 Å². The number of benzene rings is 2. The molecule has 2 N–H and O–H groups in total. The van der Waals surface area contributed by atoms with Crippen LogP contribution in [-0.2, 0) is 9.59 Å². The molecular weight excluding hydrogens is 341 g/mol. The number of anilines is 1. The Balaban J connectivity index is 1.97. The Labute approximate surface area is 149 Å². The van der Waals surface area contributed by atoms with Crippen molar-refractivity contribution in [3.8, 4) is 11.5 Å². The monoisotopic (exact) mass is 359 g/mol. The predicted molar refractivity (Wildman–Crippen MR) is 94.9 cm³/mol. The second kappa shape index (κ2) is 9.16. The number of hydrazone groups is 1. The van der Waals surface area contributed by atoms with Gasteiger partial charge in [0, 0.05) is 0 Å². The van der Waals surface area contributed by atoms with Crippen LogP contribution in [0.1, 0.15) is 12.5 Å². The van der Waals surface area contributed by atoms with Crippen molar-refractivity contribution in [3.05, 3.63) is 53.8 Å². The molecule has 2 aromatic carbocycles. The lowest BCUT2D eigenvalue weighted by molar-refractivity contribution is -0.136. The molecule has 0 saturated carbocycles. The molecule has 0 spiro atoms. The number of hydrogen-bond acceptors (Lipinski definition) is 5. The molecule has 2 amide bonds. The van der Waals surface area contributed by atoms with Crippen LogP contribution >= 0.6 is 0 Å². The minimum Gasteiger partial charge on any atom is -0.493 e. The van der Waals surface area contributed by atoms with E-state index in [-0.39, 0.29) is 5.69 Å². The Morgan fingerprint density at radius 3 is 2.62 bits per heavy atom. The molecule has 0 aliphatic carbocycles. The van der Waals surface area contributed by atoms with E-state index >= 15 is 0 Å². The Morgan fingerprint density at radius 1 is 1.15 bits per heavy atom. The molecule has 2 aromatic rings. The third kappa shape index (κ3) is 5.04. The zero-order valence-corrected chi connectivity index (χ0v) is 14.3. The molecule has 0 aliphatic rings. The summed E-state index contributed by atoms with van der Waals surface area (Å²) in [7, 11) is 1.53. The van der Waals surface area contributed by atoms with E-state index in [1.54, 1.807) is 18.2 Å². The molecule has 136 valence electrons. The van der Waals surface area contributed by atoms with E-state index in [2.05, 4.69) is 15.8 Å². The lowest BCUT2D eigenvalue weighted by Crippen LogP contribution is -2.32. The van der Waals surface area contributed by atoms with E-state index in [1.807, 2.05) is 6.92 Å². The first-order chi connectivity index (χ1) is 12.5. The Kier molecular flexibility index (Phi) is 6.67. The van der Waals surface area contributed by atoms with Gasteiger partial charge in [0.2, 0.25) is 0 Å². The molecule has 0 aliphatic heterocycles. The summed E-state index contributed by atoms with van der Waals surface area (Å²) < 4.78 is 24.1. The number of carbonyl (C=O) groups is 2. The highest BCUT2D eigenvalue weighted by molar-refractivity contribution is 6.39. The number of rotatable bonds is 6. The first kappa shape index (κ1) is 18.9. The molecule has 0 heterocycles. The van der Waals surface area contributed by atoms with Gasteiger partial charge in [-0.05, 0) is 42.8 Å². The van der Waals surface area contributed by atoms with Crippen LogP contribution in [0.15, 0.2) is 47.6 Å². The third-order valence-corrected chi connectivity index (χ3v) is 3.20. The van der Waals surface area contributed by atoms with E-state index in [0.29, 0.717) is 23.7 Å². The Morgan fingerprint density at radius 2 is 1.92 bits per heavy atom. The lowest BCUT2D eigenvalue weighted by atomic mass is 10.2. The lowest BCUT2D eigenvalue weighted by Gasteiger charge is -2.09. The van der Waals surface area contributed by atoms with Gasteiger partial charge in [-0.25, -0.2) is 9.82 Å². The largest absolute Gasteiger partial charge is 0.493 e. The van der Waals surface area contributed by atoms with Gasteiger partial charge < -0.3 is 14.8 Å². The molecule has 0 saturated heterocycles. The van der Waals surface area contributed by atoms with Gasteiger partial charge in [-0.3, -0.25) is 9.59 Å². The maximum atomic E-state index is 13.5. The predicted octanol–water partition coefficient (Wildman–Crippen LogP) is 2.32. The van der Waals surface area contributed by atoms with Crippen LogP contribution in [0.2, 0.25) is 0 Å². The fraction of sp³-hybridized carbons (Fsp3) is 0.167. The summed E-state index contributed by atoms with van der Waals surface area (Å²) in [5.74, 6) is -1.60. The normalized spacial score (nSPS) is 10.4. The number of nitrogens with one attached hydrogen (secondary N) is 2. The van der Waals surface area contributed by atoms with Crippen LogP contribution in [0.5, 0.6) is 11.5 Å². The topological polar surface area (TPSA) is 89.0 Å². The summed E-state index contributed by atoms with van der Waals surface area (Å²) in [5.41, 5.74) is 2.61. The van der Waals surface area contributed by atoms with Crippen LogP contribution in [0, 0.1) is 5.82 Å². The summed E-state index contributed by atoms with van der Waals surface area (Å²) in [4.78, 5) is 23.4. The van der Waals surface area contributed by atoms with E-state index in [4.69, 9.17) is 9.47 Å². The van der Waals surface area contributed by atoms with Gasteiger partial charge in [0.05, 0.1) is 25.6 Å². The molecule has 0 unspecified atom stereocenters. The van der Waals surface area contributed by atoms with E-state index in [1.165, 1.54) is 37.6 Å². The van der Waals surface area contributed by atoms with E-state index < -0.39 is 17.6 Å². The first-order valence-electron chi connectivity index (χ1n) is 7.75. The molecule has 2 rings (SSSR count). The van der Waals surface area contributed by atoms with Crippen molar-refractivity contribution in [3.63, 3.8) is 0 Å². The molecule has 8 heteroatoms. The number of halogens is 1. The maximum absolute atomic E-state index is 13.5. The average molecular weight is 359 g/mol. The van der Waals surface area contributed by atoms with E-state index in [0.717, 1.165) is 0 Å². The van der Waals surface area contributed by atoms with Gasteiger partial charge in [0.25, 0.3) is 0 Å².